The van der Waals surface area contributed by atoms with Crippen LogP contribution in [-0.2, 0) is 17.3 Å². The van der Waals surface area contributed by atoms with E-state index in [9.17, 15) is 0 Å². The van der Waals surface area contributed by atoms with Gasteiger partial charge in [-0.15, -0.1) is 11.3 Å². The Balaban J connectivity index is 2.09. The Bertz CT molecular complexity index is 736. The third-order valence-corrected chi connectivity index (χ3v) is 6.72. The summed E-state index contributed by atoms with van der Waals surface area (Å²) in [5, 5.41) is 1.19. The molecule has 1 aromatic carbocycles. The number of nitrogens with zero attached hydrogens (tertiary/aromatic N) is 1. The number of unbranched alkanes of at least 4 members (excludes halogenated alkanes) is 1. The zero-order valence-corrected chi connectivity index (χ0v) is 16.9. The van der Waals surface area contributed by atoms with Crippen molar-refractivity contribution in [3.63, 3.8) is 0 Å². The standard InChI is InChI=1S/C22H31NS/c1-7-8-9-19-20(23-15(2)24-19)16-10-11-17-18(14-16)22(5,6)13-12-21(17,3)4/h10-11,14H,7-9,12-13H2,1-6H3. The number of aryl methyl sites for hydroxylation is 2. The molecule has 0 spiro atoms. The SMILES string of the molecule is CCCCc1sc(C)nc1-c1ccc2c(c1)C(C)(C)CCC2(C)C. The van der Waals surface area contributed by atoms with E-state index in [1.165, 1.54) is 58.0 Å². The highest BCUT2D eigenvalue weighted by Gasteiger charge is 2.37. The number of fused-ring (bicyclic) bond motifs is 1. The number of rotatable bonds is 4. The molecule has 1 heterocycles. The topological polar surface area (TPSA) is 12.9 Å². The van der Waals surface area contributed by atoms with Crippen LogP contribution in [0.3, 0.4) is 0 Å². The zero-order valence-electron chi connectivity index (χ0n) is 16.1. The third kappa shape index (κ3) is 3.18. The molecule has 2 aromatic rings. The second-order valence-electron chi connectivity index (χ2n) is 8.64. The Hall–Kier alpha value is -1.15. The van der Waals surface area contributed by atoms with Gasteiger partial charge in [-0.1, -0.05) is 53.2 Å². The fourth-order valence-electron chi connectivity index (χ4n) is 3.94. The molecule has 1 aliphatic carbocycles. The normalized spacial score (nSPS) is 18.4. The van der Waals surface area contributed by atoms with Crippen LogP contribution < -0.4 is 0 Å². The first-order chi connectivity index (χ1) is 11.2. The van der Waals surface area contributed by atoms with Crippen LogP contribution in [0, 0.1) is 6.92 Å². The molecule has 0 saturated heterocycles. The summed E-state index contributed by atoms with van der Waals surface area (Å²) in [7, 11) is 0. The van der Waals surface area contributed by atoms with Crippen molar-refractivity contribution in [3.05, 3.63) is 39.2 Å². The summed E-state index contributed by atoms with van der Waals surface area (Å²) in [6, 6.07) is 7.13. The molecule has 0 N–H and O–H groups in total. The first-order valence-corrected chi connectivity index (χ1v) is 10.2. The smallest absolute Gasteiger partial charge is 0.0904 e. The lowest BCUT2D eigenvalue weighted by atomic mass is 9.63. The van der Waals surface area contributed by atoms with Gasteiger partial charge in [0.25, 0.3) is 0 Å². The summed E-state index contributed by atoms with van der Waals surface area (Å²) in [5.74, 6) is 0. The minimum Gasteiger partial charge on any atom is -0.241 e. The molecule has 1 nitrogen and oxygen atoms in total. The minimum absolute atomic E-state index is 0.259. The first kappa shape index (κ1) is 17.7. The van der Waals surface area contributed by atoms with Gasteiger partial charge in [0, 0.05) is 10.4 Å². The second kappa shape index (κ2) is 6.29. The maximum atomic E-state index is 4.89. The summed E-state index contributed by atoms with van der Waals surface area (Å²) in [6.07, 6.45) is 6.17. The molecule has 2 heteroatoms. The number of hydrogen-bond acceptors (Lipinski definition) is 2. The van der Waals surface area contributed by atoms with E-state index in [0.29, 0.717) is 0 Å². The lowest BCUT2D eigenvalue weighted by molar-refractivity contribution is 0.332. The van der Waals surface area contributed by atoms with E-state index in [1.807, 2.05) is 11.3 Å². The molecule has 1 aliphatic rings. The van der Waals surface area contributed by atoms with Crippen molar-refractivity contribution in [2.24, 2.45) is 0 Å². The highest BCUT2D eigenvalue weighted by molar-refractivity contribution is 7.12. The largest absolute Gasteiger partial charge is 0.241 e. The average molecular weight is 342 g/mol. The van der Waals surface area contributed by atoms with Crippen molar-refractivity contribution in [2.75, 3.05) is 0 Å². The van der Waals surface area contributed by atoms with Crippen LogP contribution in [0.1, 0.15) is 81.3 Å². The maximum absolute atomic E-state index is 4.89. The summed E-state index contributed by atoms with van der Waals surface area (Å²) in [6.45, 7) is 14.0. The van der Waals surface area contributed by atoms with Crippen molar-refractivity contribution in [1.29, 1.82) is 0 Å². The van der Waals surface area contributed by atoms with Crippen LogP contribution in [0.15, 0.2) is 18.2 Å². The van der Waals surface area contributed by atoms with Gasteiger partial charge in [-0.3, -0.25) is 0 Å². The van der Waals surface area contributed by atoms with E-state index >= 15 is 0 Å². The fraction of sp³-hybridized carbons (Fsp3) is 0.591. The van der Waals surface area contributed by atoms with Crippen LogP contribution in [0.5, 0.6) is 0 Å². The molecular weight excluding hydrogens is 310 g/mol. The van der Waals surface area contributed by atoms with Crippen LogP contribution in [-0.4, -0.2) is 4.98 Å². The predicted octanol–water partition coefficient (Wildman–Crippen LogP) is 6.81. The van der Waals surface area contributed by atoms with Gasteiger partial charge in [-0.2, -0.15) is 0 Å². The summed E-state index contributed by atoms with van der Waals surface area (Å²) >= 11 is 1.88. The van der Waals surface area contributed by atoms with Gasteiger partial charge >= 0.3 is 0 Å². The molecule has 130 valence electrons. The molecule has 0 atom stereocenters. The predicted molar refractivity (Wildman–Crippen MR) is 106 cm³/mol. The molecule has 1 aromatic heterocycles. The summed E-state index contributed by atoms with van der Waals surface area (Å²) in [5.41, 5.74) is 6.15. The molecule has 0 radical (unpaired) electrons. The highest BCUT2D eigenvalue weighted by Crippen LogP contribution is 2.47. The highest BCUT2D eigenvalue weighted by atomic mass is 32.1. The Labute approximate surface area is 151 Å². The van der Waals surface area contributed by atoms with Crippen molar-refractivity contribution in [2.45, 2.75) is 84.5 Å². The van der Waals surface area contributed by atoms with Crippen molar-refractivity contribution in [3.8, 4) is 11.3 Å². The maximum Gasteiger partial charge on any atom is 0.0904 e. The third-order valence-electron chi connectivity index (χ3n) is 5.69. The zero-order chi connectivity index (χ0) is 17.5. The molecule has 0 amide bonds. The lowest BCUT2D eigenvalue weighted by Crippen LogP contribution is -2.33. The number of aromatic nitrogens is 1. The van der Waals surface area contributed by atoms with Crippen molar-refractivity contribution >= 4 is 11.3 Å². The van der Waals surface area contributed by atoms with E-state index in [1.54, 1.807) is 0 Å². The summed E-state index contributed by atoms with van der Waals surface area (Å²) in [4.78, 5) is 6.35. The molecule has 3 rings (SSSR count). The molecule has 0 aliphatic heterocycles. The van der Waals surface area contributed by atoms with E-state index in [4.69, 9.17) is 4.98 Å². The van der Waals surface area contributed by atoms with Crippen LogP contribution in [0.4, 0.5) is 0 Å². The fourth-order valence-corrected chi connectivity index (χ4v) is 4.94. The monoisotopic (exact) mass is 341 g/mol. The van der Waals surface area contributed by atoms with Crippen molar-refractivity contribution in [1.82, 2.24) is 4.98 Å². The van der Waals surface area contributed by atoms with Gasteiger partial charge in [0.2, 0.25) is 0 Å². The van der Waals surface area contributed by atoms with Gasteiger partial charge in [0.15, 0.2) is 0 Å². The first-order valence-electron chi connectivity index (χ1n) is 9.36. The van der Waals surface area contributed by atoms with Crippen LogP contribution in [0.25, 0.3) is 11.3 Å². The number of benzene rings is 1. The molecule has 0 saturated carbocycles. The van der Waals surface area contributed by atoms with E-state index in [2.05, 4.69) is 59.7 Å². The van der Waals surface area contributed by atoms with Gasteiger partial charge in [0.1, 0.15) is 0 Å². The van der Waals surface area contributed by atoms with Gasteiger partial charge in [-0.25, -0.2) is 4.98 Å². The van der Waals surface area contributed by atoms with E-state index < -0.39 is 0 Å². The lowest BCUT2D eigenvalue weighted by Gasteiger charge is -2.42. The van der Waals surface area contributed by atoms with Crippen LogP contribution in [0.2, 0.25) is 0 Å². The Morgan fingerprint density at radius 1 is 1.04 bits per heavy atom. The van der Waals surface area contributed by atoms with E-state index in [0.717, 1.165) is 6.42 Å². The van der Waals surface area contributed by atoms with Gasteiger partial charge in [-0.05, 0) is 60.6 Å². The minimum atomic E-state index is 0.259. The van der Waals surface area contributed by atoms with Gasteiger partial charge < -0.3 is 0 Å². The Kier molecular flexibility index (Phi) is 4.63. The number of thiazole rings is 1. The molecule has 24 heavy (non-hydrogen) atoms. The second-order valence-corrected chi connectivity index (χ2v) is 9.92. The Morgan fingerprint density at radius 2 is 1.71 bits per heavy atom. The number of hydrogen-bond donors (Lipinski definition) is 0. The molecule has 0 unspecified atom stereocenters. The molecular formula is C22H31NS. The van der Waals surface area contributed by atoms with E-state index in [-0.39, 0.29) is 10.8 Å². The van der Waals surface area contributed by atoms with Gasteiger partial charge in [0.05, 0.1) is 10.7 Å². The molecule has 0 bridgehead atoms. The quantitative estimate of drug-likeness (QED) is 0.595. The van der Waals surface area contributed by atoms with Crippen molar-refractivity contribution < 1.29 is 0 Å². The Morgan fingerprint density at radius 3 is 2.38 bits per heavy atom. The molecule has 0 fully saturated rings. The average Bonchev–Trinajstić information content (AvgIpc) is 2.90. The summed E-state index contributed by atoms with van der Waals surface area (Å²) < 4.78 is 0. The van der Waals surface area contributed by atoms with Crippen LogP contribution >= 0.6 is 11.3 Å².